The van der Waals surface area contributed by atoms with Crippen LogP contribution in [0.4, 0.5) is 0 Å². The van der Waals surface area contributed by atoms with Crippen LogP contribution in [0.3, 0.4) is 0 Å². The first-order chi connectivity index (χ1) is 73.1. The zero-order valence-corrected chi connectivity index (χ0v) is 82.7. The second-order valence-electron chi connectivity index (χ2n) is 37.8. The lowest BCUT2D eigenvalue weighted by atomic mass is 9.90. The lowest BCUT2D eigenvalue weighted by molar-refractivity contribution is -0.660. The third-order valence-corrected chi connectivity index (χ3v) is 26.5. The Bertz CT molecular complexity index is 9180. The van der Waals surface area contributed by atoms with E-state index in [1.807, 2.05) is 297 Å². The minimum Gasteiger partial charge on any atom is -0.437 e. The van der Waals surface area contributed by atoms with Gasteiger partial charge in [0.1, 0.15) is 35.2 Å². The molecule has 1 saturated carbocycles. The first-order valence-corrected chi connectivity index (χ1v) is 46.3. The first kappa shape index (κ1) is 70.3. The fourth-order valence-corrected chi connectivity index (χ4v) is 19.2. The molecule has 0 N–H and O–H groups in total. The van der Waals surface area contributed by atoms with E-state index >= 15 is 0 Å². The molecule has 21 rings (SSSR count). The van der Waals surface area contributed by atoms with Gasteiger partial charge in [0, 0.05) is 162 Å². The quantitative estimate of drug-likeness (QED) is 0.108. The van der Waals surface area contributed by atoms with E-state index in [2.05, 4.69) is 31.0 Å². The van der Waals surface area contributed by atoms with Crippen LogP contribution in [0.15, 0.2) is 205 Å². The Morgan fingerprint density at radius 3 is 1.00 bits per heavy atom. The summed E-state index contributed by atoms with van der Waals surface area (Å²) in [6.45, 7) is 25.0. The molecule has 1 aliphatic carbocycles. The topological polar surface area (TPSA) is 150 Å². The molecular weight excluding hydrogens is 1670 g/mol. The molecule has 15 nitrogen and oxygen atoms in total. The van der Waals surface area contributed by atoms with E-state index in [-0.39, 0.29) is 16.7 Å². The number of furan rings is 5. The van der Waals surface area contributed by atoms with Gasteiger partial charge in [-0.15, -0.1) is 0 Å². The van der Waals surface area contributed by atoms with Gasteiger partial charge in [-0.05, 0) is 276 Å². The Labute approximate surface area is 832 Å². The van der Waals surface area contributed by atoms with Crippen LogP contribution in [-0.2, 0) is 35.2 Å². The van der Waals surface area contributed by atoms with Crippen molar-refractivity contribution in [2.75, 3.05) is 0 Å². The van der Waals surface area contributed by atoms with Crippen LogP contribution in [-0.4, -0.2) is 24.9 Å². The van der Waals surface area contributed by atoms with Crippen molar-refractivity contribution in [1.29, 1.82) is 0 Å². The number of rotatable bonds is 12. The first-order valence-electron chi connectivity index (χ1n) is 57.3. The van der Waals surface area contributed by atoms with Gasteiger partial charge in [0.25, 0.3) is 0 Å². The van der Waals surface area contributed by atoms with Crippen LogP contribution >= 0.6 is 0 Å². The Morgan fingerprint density at radius 2 is 0.603 bits per heavy atom. The van der Waals surface area contributed by atoms with Crippen molar-refractivity contribution >= 4 is 110 Å². The predicted octanol–water partition coefficient (Wildman–Crippen LogP) is 29.8. The molecule has 1 aliphatic rings. The molecule has 5 aromatic carbocycles. The van der Waals surface area contributed by atoms with Crippen LogP contribution < -0.4 is 22.8 Å². The molecule has 15 heteroatoms. The molecule has 0 spiro atoms. The molecule has 136 heavy (non-hydrogen) atoms. The number of nitrogens with zero attached hydrogens (tertiary/aromatic N) is 10. The van der Waals surface area contributed by atoms with Gasteiger partial charge in [0.15, 0.2) is 58.9 Å². The van der Waals surface area contributed by atoms with Gasteiger partial charge >= 0.3 is 0 Å². The monoisotopic (exact) mass is 1830 g/mol. The number of aromatic nitrogens is 10. The number of aryl methyl sites for hydroxylation is 18. The minimum atomic E-state index is -2.48. The van der Waals surface area contributed by atoms with Crippen LogP contribution in [0.5, 0.6) is 0 Å². The number of benzene rings is 5. The third kappa shape index (κ3) is 17.8. The van der Waals surface area contributed by atoms with E-state index < -0.39 is 75.5 Å². The average molecular weight is 1830 g/mol. The van der Waals surface area contributed by atoms with Gasteiger partial charge < -0.3 is 22.1 Å². The van der Waals surface area contributed by atoms with Crippen molar-refractivity contribution in [3.8, 4) is 56.3 Å². The van der Waals surface area contributed by atoms with Gasteiger partial charge in [0.05, 0.1) is 38.6 Å². The van der Waals surface area contributed by atoms with Crippen LogP contribution in [0.1, 0.15) is 292 Å². The lowest BCUT2D eigenvalue weighted by Gasteiger charge is -2.13. The molecule has 1 fully saturated rings. The Hall–Kier alpha value is -13.4. The molecular formula is C121H135N10O5+5. The zero-order valence-electron chi connectivity index (χ0n) is 105. The van der Waals surface area contributed by atoms with Crippen molar-refractivity contribution in [2.45, 2.75) is 240 Å². The summed E-state index contributed by atoms with van der Waals surface area (Å²) in [5.41, 5.74) is 27.9. The molecule has 20 aromatic rings. The Morgan fingerprint density at radius 1 is 0.287 bits per heavy atom. The van der Waals surface area contributed by atoms with E-state index in [0.29, 0.717) is 100 Å². The van der Waals surface area contributed by atoms with Gasteiger partial charge in [-0.25, -0.2) is 47.8 Å². The fourth-order valence-electron chi connectivity index (χ4n) is 19.2. The van der Waals surface area contributed by atoms with Gasteiger partial charge in [-0.3, -0.25) is 0 Å². The average Bonchev–Trinajstić information content (AvgIpc) is 1.58. The maximum absolute atomic E-state index is 8.98. The largest absolute Gasteiger partial charge is 0.437 e. The molecule has 2 atom stereocenters. The number of hydrogen-bond donors (Lipinski definition) is 0. The predicted molar refractivity (Wildman–Crippen MR) is 558 cm³/mol. The Kier molecular flexibility index (Phi) is 19.5. The summed E-state index contributed by atoms with van der Waals surface area (Å²) >= 11 is 0. The third-order valence-electron chi connectivity index (χ3n) is 26.5. The van der Waals surface area contributed by atoms with E-state index in [9.17, 15) is 0 Å². The number of hydrogen-bond acceptors (Lipinski definition) is 10. The second-order valence-corrected chi connectivity index (χ2v) is 37.8. The number of pyridine rings is 10. The molecule has 694 valence electrons. The molecule has 15 heterocycles. The van der Waals surface area contributed by atoms with Crippen molar-refractivity contribution < 1.29 is 75.1 Å². The zero-order chi connectivity index (χ0) is 116. The minimum absolute atomic E-state index is 0.254. The van der Waals surface area contributed by atoms with E-state index in [1.165, 1.54) is 13.8 Å². The SMILES string of the molecule is [2H]C(C)(C)c1cc(C)c(-c2cc(C([2H])(C)C([2H])([2H])[2H])cc[n+]2C)c2oc3nc(C)ccc3c12.[2H]C(C)(C)c1cc(C)nc2oc3c(-c4cc(C([2H])(C)C([2H])([2H])[2H])cc[n+]4C)c(C)ccc3c12.[2H]C([2H])([2H])c1cc(C)c(-c2cc(C([2H])(C)C)cc[n+]2C)c2oc3nc(C)ccc3c12.[2H]C([2H])([2H])c1cc(C)c(-c2cc(C3([2H])CCCC3)cc[n+]2C)c2oc3nc(C)ccc3c12.[2H]C([2H])([2H])c1cc(C)nc2oc3c(-c4cc(C([2H])(C)C)cc[n+]4C)c(C)ccc3c12. The summed E-state index contributed by atoms with van der Waals surface area (Å²) in [5, 5.41) is 7.23. The highest BCUT2D eigenvalue weighted by Gasteiger charge is 2.32. The summed E-state index contributed by atoms with van der Waals surface area (Å²) < 4.78 is 221. The van der Waals surface area contributed by atoms with Crippen molar-refractivity contribution in [3.05, 3.63) is 295 Å². The highest BCUT2D eigenvalue weighted by molar-refractivity contribution is 6.15. The summed E-state index contributed by atoms with van der Waals surface area (Å²) in [6, 6.07) is 47.2. The van der Waals surface area contributed by atoms with Gasteiger partial charge in [-0.2, -0.15) is 0 Å². The molecule has 0 aliphatic heterocycles. The fraction of sp³-hybridized carbons (Fsp3) is 0.339. The van der Waals surface area contributed by atoms with E-state index in [0.717, 1.165) is 187 Å². The molecule has 0 radical (unpaired) electrons. The summed E-state index contributed by atoms with van der Waals surface area (Å²) in [4.78, 5) is 22.7. The van der Waals surface area contributed by atoms with Crippen LogP contribution in [0.2, 0.25) is 0 Å². The summed E-state index contributed by atoms with van der Waals surface area (Å²) in [6.07, 6.45) is 13.3. The molecule has 2 unspecified atom stereocenters. The summed E-state index contributed by atoms with van der Waals surface area (Å²) in [7, 11) is 9.63. The molecule has 0 bridgehead atoms. The molecule has 15 aromatic heterocycles. The molecule has 0 amide bonds. The Balaban J connectivity index is 0.000000133. The van der Waals surface area contributed by atoms with E-state index in [1.54, 1.807) is 61.8 Å². The normalized spacial score (nSPS) is 16.8. The van der Waals surface area contributed by atoms with Crippen LogP contribution in [0, 0.1) is 89.8 Å². The summed E-state index contributed by atoms with van der Waals surface area (Å²) in [5.74, 6) is -7.31. The second kappa shape index (κ2) is 37.7. The van der Waals surface area contributed by atoms with Crippen molar-refractivity contribution in [3.63, 3.8) is 0 Å². The molecule has 0 saturated heterocycles. The van der Waals surface area contributed by atoms with Crippen molar-refractivity contribution in [2.24, 2.45) is 35.2 Å². The van der Waals surface area contributed by atoms with E-state index in [4.69, 9.17) is 52.2 Å². The van der Waals surface area contributed by atoms with Gasteiger partial charge in [0.2, 0.25) is 57.0 Å². The lowest BCUT2D eigenvalue weighted by Crippen LogP contribution is -2.31. The maximum Gasteiger partial charge on any atom is 0.227 e. The van der Waals surface area contributed by atoms with Gasteiger partial charge in [-0.1, -0.05) is 138 Å². The van der Waals surface area contributed by atoms with Crippen molar-refractivity contribution in [1.82, 2.24) is 24.9 Å². The standard InChI is InChI=1S/C25H27N2O.2C25H29N2O.2C23H25N2O/c1-15-13-16(2)23(24-22(15)20-10-9-17(3)26-25(20)28-24)21-14-19(11-12-27(21)4)18-7-5-6-8-18;1-14(2)18-10-11-27(7)21(13-18)22-16(5)12-20(15(3)4)23-19-9-8-17(6)26-25(19)28-24(22)23;1-14(2)18-10-11-27(7)21(13-18)22-16(5)8-9-19-23-20(15(3)4)12-17(6)26-25(23)28-24(19)22;1-13(2)17-9-10-25(6)19(12-17)21-15(4)11-14(3)20-18-8-7-16(5)24-23(18)26-22(20)21;1-13(2)17-9-10-25(6)19(12-17)21-14(3)7-8-18-20-15(4)11-16(5)24-23(20)26-22(18)21/h9-14,18H,5-8H2,1-4H3;2*8-15H,1-7H3;2*7-13H,1-6H3/q5*+1/i1D3,18D;2*1D3,14D,15D;3D3,13D;4D3,13D. The smallest absolute Gasteiger partial charge is 0.227 e. The highest BCUT2D eigenvalue weighted by atomic mass is 16.4. The number of fused-ring (bicyclic) bond motifs is 15. The van der Waals surface area contributed by atoms with Crippen LogP contribution in [0.25, 0.3) is 167 Å². The highest BCUT2D eigenvalue weighted by Crippen LogP contribution is 2.48. The maximum atomic E-state index is 8.98.